The molecule has 0 aliphatic carbocycles. The maximum Gasteiger partial charge on any atom is 0.164 e. The van der Waals surface area contributed by atoms with Crippen LogP contribution < -0.4 is 0 Å². The summed E-state index contributed by atoms with van der Waals surface area (Å²) in [6.45, 7) is 0. The van der Waals surface area contributed by atoms with Crippen molar-refractivity contribution in [1.29, 1.82) is 0 Å². The second-order valence-electron chi connectivity index (χ2n) is 7.20. The van der Waals surface area contributed by atoms with Gasteiger partial charge in [-0.2, -0.15) is 0 Å². The van der Waals surface area contributed by atoms with Gasteiger partial charge in [0.1, 0.15) is 11.2 Å². The lowest BCUT2D eigenvalue weighted by atomic mass is 10.1. The van der Waals surface area contributed by atoms with Crippen molar-refractivity contribution in [3.05, 3.63) is 102 Å². The Morgan fingerprint density at radius 2 is 1.38 bits per heavy atom. The summed E-state index contributed by atoms with van der Waals surface area (Å²) >= 11 is 6.21. The molecule has 0 saturated carbocycles. The maximum atomic E-state index is 8.49. The molecule has 2 heterocycles. The lowest BCUT2D eigenvalue weighted by molar-refractivity contribution is 0.669. The Kier molecular flexibility index (Phi) is 3.73. The number of rotatable bonds is 3. The van der Waals surface area contributed by atoms with Crippen LogP contribution in [0.25, 0.3) is 56.1 Å². The second kappa shape index (κ2) is 7.59. The SMILES string of the molecule is [2H]c1cc([2H])c(-c2nc(-c3ccccc3)nc(-c3cccc4oc5ccccc5c34)n2)c([2H])c1Cl. The summed E-state index contributed by atoms with van der Waals surface area (Å²) < 4.78 is 30.9. The Morgan fingerprint density at radius 3 is 2.25 bits per heavy atom. The highest BCUT2D eigenvalue weighted by Gasteiger charge is 2.17. The van der Waals surface area contributed by atoms with Gasteiger partial charge in [-0.3, -0.25) is 0 Å². The molecule has 4 nitrogen and oxygen atoms in total. The number of halogens is 1. The highest BCUT2D eigenvalue weighted by atomic mass is 35.5. The van der Waals surface area contributed by atoms with Gasteiger partial charge >= 0.3 is 0 Å². The Morgan fingerprint density at radius 1 is 0.656 bits per heavy atom. The van der Waals surface area contributed by atoms with Crippen LogP contribution in [0, 0.1) is 0 Å². The zero-order valence-electron chi connectivity index (χ0n) is 19.6. The molecule has 32 heavy (non-hydrogen) atoms. The molecule has 2 aromatic heterocycles. The number of benzene rings is 4. The zero-order valence-corrected chi connectivity index (χ0v) is 17.4. The molecule has 0 aliphatic rings. The monoisotopic (exact) mass is 436 g/mol. The van der Waals surface area contributed by atoms with E-state index in [2.05, 4.69) is 4.98 Å². The first-order chi connectivity index (χ1) is 17.0. The van der Waals surface area contributed by atoms with E-state index in [1.165, 1.54) is 6.07 Å². The van der Waals surface area contributed by atoms with Gasteiger partial charge in [-0.1, -0.05) is 84.4 Å². The Bertz CT molecular complexity index is 1750. The molecule has 5 heteroatoms. The van der Waals surface area contributed by atoms with Crippen LogP contribution in [-0.4, -0.2) is 15.0 Å². The first-order valence-corrected chi connectivity index (χ1v) is 10.4. The summed E-state index contributed by atoms with van der Waals surface area (Å²) in [6, 6.07) is 23.9. The van der Waals surface area contributed by atoms with E-state index in [9.17, 15) is 0 Å². The average molecular weight is 437 g/mol. The third-order valence-electron chi connectivity index (χ3n) is 5.18. The van der Waals surface area contributed by atoms with E-state index in [1.807, 2.05) is 72.8 Å². The topological polar surface area (TPSA) is 51.8 Å². The van der Waals surface area contributed by atoms with Crippen LogP contribution >= 0.6 is 11.6 Å². The molecule has 152 valence electrons. The van der Waals surface area contributed by atoms with Crippen LogP contribution in [0.4, 0.5) is 0 Å². The van der Waals surface area contributed by atoms with Crippen LogP contribution in [-0.2, 0) is 0 Å². The minimum Gasteiger partial charge on any atom is -0.456 e. The minimum atomic E-state index is -0.160. The molecule has 4 aromatic carbocycles. The highest BCUT2D eigenvalue weighted by molar-refractivity contribution is 6.30. The molecule has 0 amide bonds. The van der Waals surface area contributed by atoms with E-state index in [-0.39, 0.29) is 34.5 Å². The number of para-hydroxylation sites is 1. The third-order valence-corrected chi connectivity index (χ3v) is 5.39. The fraction of sp³-hybridized carbons (Fsp3) is 0. The standard InChI is InChI=1S/C27H16ClN3O/c28-19-11-6-10-18(16-19)26-29-25(17-8-2-1-3-9-17)30-27(31-26)21-13-7-15-23-24(21)20-12-4-5-14-22(20)32-23/h1-16H/i10D,11D,16D. The van der Waals surface area contributed by atoms with Crippen molar-refractivity contribution in [2.75, 3.05) is 0 Å². The predicted octanol–water partition coefficient (Wildman–Crippen LogP) is 7.43. The van der Waals surface area contributed by atoms with Gasteiger partial charge in [0.2, 0.25) is 0 Å². The molecule has 0 fully saturated rings. The van der Waals surface area contributed by atoms with E-state index >= 15 is 0 Å². The van der Waals surface area contributed by atoms with Crippen molar-refractivity contribution in [2.24, 2.45) is 0 Å². The molecule has 0 N–H and O–H groups in total. The molecule has 0 unspecified atom stereocenters. The summed E-state index contributed by atoms with van der Waals surface area (Å²) in [6.07, 6.45) is 0. The van der Waals surface area contributed by atoms with Crippen molar-refractivity contribution < 1.29 is 8.53 Å². The second-order valence-corrected chi connectivity index (χ2v) is 7.57. The summed E-state index contributed by atoms with van der Waals surface area (Å²) in [7, 11) is 0. The molecule has 0 aliphatic heterocycles. The quantitative estimate of drug-likeness (QED) is 0.289. The molecular weight excluding hydrogens is 418 g/mol. The van der Waals surface area contributed by atoms with Crippen molar-refractivity contribution in [1.82, 2.24) is 15.0 Å². The van der Waals surface area contributed by atoms with Crippen molar-refractivity contribution >= 4 is 33.5 Å². The van der Waals surface area contributed by atoms with Gasteiger partial charge in [0.15, 0.2) is 17.5 Å². The van der Waals surface area contributed by atoms with Crippen molar-refractivity contribution in [3.8, 4) is 34.2 Å². The number of hydrogen-bond acceptors (Lipinski definition) is 4. The van der Waals surface area contributed by atoms with Gasteiger partial charge in [0, 0.05) is 32.5 Å². The number of furan rings is 1. The summed E-state index contributed by atoms with van der Waals surface area (Å²) in [5.41, 5.74) is 3.12. The van der Waals surface area contributed by atoms with E-state index in [0.717, 1.165) is 27.5 Å². The largest absolute Gasteiger partial charge is 0.456 e. The van der Waals surface area contributed by atoms with E-state index in [4.69, 9.17) is 30.1 Å². The lowest BCUT2D eigenvalue weighted by Crippen LogP contribution is -2.00. The van der Waals surface area contributed by atoms with Crippen LogP contribution in [0.3, 0.4) is 0 Å². The van der Waals surface area contributed by atoms with Crippen molar-refractivity contribution in [2.45, 2.75) is 0 Å². The number of hydrogen-bond donors (Lipinski definition) is 0. The Balaban J connectivity index is 1.69. The number of nitrogens with zero attached hydrogens (tertiary/aromatic N) is 3. The predicted molar refractivity (Wildman–Crippen MR) is 128 cm³/mol. The van der Waals surface area contributed by atoms with Gasteiger partial charge in [-0.05, 0) is 24.2 Å². The summed E-state index contributed by atoms with van der Waals surface area (Å²) in [5, 5.41) is 1.75. The number of aromatic nitrogens is 3. The first kappa shape index (κ1) is 15.7. The van der Waals surface area contributed by atoms with E-state index in [1.54, 1.807) is 0 Å². The lowest BCUT2D eigenvalue weighted by Gasteiger charge is -2.09. The smallest absolute Gasteiger partial charge is 0.164 e. The van der Waals surface area contributed by atoms with Crippen LogP contribution in [0.1, 0.15) is 4.11 Å². The number of fused-ring (bicyclic) bond motifs is 3. The highest BCUT2D eigenvalue weighted by Crippen LogP contribution is 2.36. The van der Waals surface area contributed by atoms with Gasteiger partial charge < -0.3 is 4.42 Å². The molecular formula is C27H16ClN3O. The summed E-state index contributed by atoms with van der Waals surface area (Å²) in [5.74, 6) is 0.937. The van der Waals surface area contributed by atoms with Crippen LogP contribution in [0.15, 0.2) is 101 Å². The Labute approximate surface area is 193 Å². The van der Waals surface area contributed by atoms with Crippen LogP contribution in [0.5, 0.6) is 0 Å². The molecule has 6 aromatic rings. The van der Waals surface area contributed by atoms with E-state index in [0.29, 0.717) is 17.2 Å². The van der Waals surface area contributed by atoms with Crippen molar-refractivity contribution in [3.63, 3.8) is 0 Å². The van der Waals surface area contributed by atoms with Gasteiger partial charge in [-0.25, -0.2) is 15.0 Å². The normalized spacial score (nSPS) is 12.6. The zero-order chi connectivity index (χ0) is 24.1. The maximum absolute atomic E-state index is 8.49. The molecule has 6 rings (SSSR count). The molecule has 0 radical (unpaired) electrons. The third kappa shape index (κ3) is 3.22. The fourth-order valence-corrected chi connectivity index (χ4v) is 3.91. The fourth-order valence-electron chi connectivity index (χ4n) is 3.76. The average Bonchev–Trinajstić information content (AvgIpc) is 3.27. The minimum absolute atomic E-state index is 0.0486. The van der Waals surface area contributed by atoms with E-state index < -0.39 is 0 Å². The van der Waals surface area contributed by atoms with Crippen LogP contribution in [0.2, 0.25) is 5.02 Å². The van der Waals surface area contributed by atoms with Gasteiger partial charge in [0.25, 0.3) is 0 Å². The molecule has 0 atom stereocenters. The molecule has 0 bridgehead atoms. The summed E-state index contributed by atoms with van der Waals surface area (Å²) in [4.78, 5) is 14.1. The Hall–Kier alpha value is -4.02. The molecule has 0 saturated heterocycles. The van der Waals surface area contributed by atoms with Gasteiger partial charge in [0.05, 0.1) is 4.11 Å². The van der Waals surface area contributed by atoms with Gasteiger partial charge in [-0.15, -0.1) is 0 Å². The molecule has 0 spiro atoms. The first-order valence-electron chi connectivity index (χ1n) is 11.5.